The number of benzene rings is 8. The van der Waals surface area contributed by atoms with E-state index in [1.54, 1.807) is 0 Å². The Balaban J connectivity index is 1.02. The van der Waals surface area contributed by atoms with Gasteiger partial charge < -0.3 is 5.41 Å². The van der Waals surface area contributed by atoms with Gasteiger partial charge in [-0.25, -0.2) is 4.52 Å². The summed E-state index contributed by atoms with van der Waals surface area (Å²) >= 11 is 1.82. The molecule has 0 radical (unpaired) electrons. The van der Waals surface area contributed by atoms with Crippen molar-refractivity contribution >= 4 is 65.4 Å². The highest BCUT2D eigenvalue weighted by atomic mass is 32.1. The molecular weight excluding hydrogens is 773 g/mol. The molecule has 8 aromatic carbocycles. The van der Waals surface area contributed by atoms with Gasteiger partial charge in [0.05, 0.1) is 22.6 Å². The molecule has 0 saturated heterocycles. The first kappa shape index (κ1) is 37.0. The van der Waals surface area contributed by atoms with Crippen molar-refractivity contribution in [3.05, 3.63) is 235 Å². The van der Waals surface area contributed by atoms with Crippen LogP contribution >= 0.6 is 11.3 Å². The molecule has 3 aromatic heterocycles. The van der Waals surface area contributed by atoms with Crippen molar-refractivity contribution < 1.29 is 0 Å². The normalized spacial score (nSPS) is 12.0. The molecule has 11 aromatic rings. The van der Waals surface area contributed by atoms with Gasteiger partial charge in [-0.3, -0.25) is 4.99 Å². The molecule has 0 saturated carbocycles. The fourth-order valence-corrected chi connectivity index (χ4v) is 9.68. The van der Waals surface area contributed by atoms with E-state index in [-0.39, 0.29) is 0 Å². The summed E-state index contributed by atoms with van der Waals surface area (Å²) in [5, 5.41) is 19.3. The molecule has 62 heavy (non-hydrogen) atoms. The minimum Gasteiger partial charge on any atom is -0.300 e. The number of aliphatic imine (C=N–C) groups is 1. The lowest BCUT2D eigenvalue weighted by Gasteiger charge is -2.11. The van der Waals surface area contributed by atoms with E-state index in [4.69, 9.17) is 15.5 Å². The van der Waals surface area contributed by atoms with Crippen molar-refractivity contribution in [2.45, 2.75) is 0 Å². The molecule has 0 aliphatic rings. The first-order valence-corrected chi connectivity index (χ1v) is 21.5. The van der Waals surface area contributed by atoms with Gasteiger partial charge in [0.2, 0.25) is 0 Å². The number of fused-ring (bicyclic) bond motifs is 6. The minimum atomic E-state index is 0.396. The van der Waals surface area contributed by atoms with E-state index in [2.05, 4.69) is 174 Å². The van der Waals surface area contributed by atoms with E-state index < -0.39 is 0 Å². The molecule has 3 heterocycles. The summed E-state index contributed by atoms with van der Waals surface area (Å²) in [5.41, 5.74) is 13.5. The maximum Gasteiger partial charge on any atom is 0.101 e. The Bertz CT molecular complexity index is 3510. The molecule has 0 aliphatic carbocycles. The predicted molar refractivity (Wildman–Crippen MR) is 263 cm³/mol. The number of aromatic nitrogens is 2. The highest BCUT2D eigenvalue weighted by Gasteiger charge is 2.21. The molecule has 11 rings (SSSR count). The molecule has 0 unspecified atom stereocenters. The second kappa shape index (κ2) is 15.9. The van der Waals surface area contributed by atoms with Gasteiger partial charge in [-0.1, -0.05) is 188 Å². The van der Waals surface area contributed by atoms with Crippen molar-refractivity contribution in [3.8, 4) is 44.8 Å². The quantitative estimate of drug-likeness (QED) is 0.145. The molecule has 0 bridgehead atoms. The monoisotopic (exact) mass is 810 g/mol. The van der Waals surface area contributed by atoms with Gasteiger partial charge in [0.15, 0.2) is 0 Å². The van der Waals surface area contributed by atoms with Crippen molar-refractivity contribution in [1.29, 1.82) is 5.41 Å². The predicted octanol–water partition coefficient (Wildman–Crippen LogP) is 15.1. The van der Waals surface area contributed by atoms with Crippen LogP contribution in [0.3, 0.4) is 0 Å². The first-order valence-electron chi connectivity index (χ1n) is 20.7. The van der Waals surface area contributed by atoms with Crippen molar-refractivity contribution in [3.63, 3.8) is 0 Å². The third kappa shape index (κ3) is 6.81. The third-order valence-corrected chi connectivity index (χ3v) is 12.7. The second-order valence-corrected chi connectivity index (χ2v) is 16.5. The Morgan fingerprint density at radius 3 is 1.95 bits per heavy atom. The number of hydrogen-bond donors (Lipinski definition) is 1. The zero-order chi connectivity index (χ0) is 41.4. The fourth-order valence-electron chi connectivity index (χ4n) is 8.55. The van der Waals surface area contributed by atoms with E-state index >= 15 is 0 Å². The van der Waals surface area contributed by atoms with Crippen LogP contribution in [0.4, 0.5) is 0 Å². The Hall–Kier alpha value is -7.99. The number of rotatable bonds is 9. The van der Waals surface area contributed by atoms with Gasteiger partial charge in [0, 0.05) is 54.0 Å². The summed E-state index contributed by atoms with van der Waals surface area (Å²) in [5.74, 6) is 0. The Morgan fingerprint density at radius 2 is 1.16 bits per heavy atom. The van der Waals surface area contributed by atoms with Gasteiger partial charge in [0.1, 0.15) is 5.69 Å². The summed E-state index contributed by atoms with van der Waals surface area (Å²) < 4.78 is 4.67. The molecule has 0 spiro atoms. The summed E-state index contributed by atoms with van der Waals surface area (Å²) in [4.78, 5) is 5.14. The third-order valence-electron chi connectivity index (χ3n) is 11.5. The average Bonchev–Trinajstić information content (AvgIpc) is 3.94. The largest absolute Gasteiger partial charge is 0.300 e. The molecule has 0 fully saturated rings. The smallest absolute Gasteiger partial charge is 0.101 e. The first-order chi connectivity index (χ1) is 30.7. The second-order valence-electron chi connectivity index (χ2n) is 15.4. The van der Waals surface area contributed by atoms with Crippen LogP contribution in [-0.2, 0) is 0 Å². The highest BCUT2D eigenvalue weighted by Crippen LogP contribution is 2.42. The summed E-state index contributed by atoms with van der Waals surface area (Å²) in [7, 11) is 0. The Labute approximate surface area is 363 Å². The van der Waals surface area contributed by atoms with E-state index in [1.165, 1.54) is 25.7 Å². The maximum atomic E-state index is 9.12. The fraction of sp³-hybridized carbons (Fsp3) is 0. The van der Waals surface area contributed by atoms with E-state index in [1.807, 2.05) is 66.1 Å². The van der Waals surface area contributed by atoms with Gasteiger partial charge in [-0.15, -0.1) is 11.3 Å². The van der Waals surface area contributed by atoms with Crippen molar-refractivity contribution in [2.75, 3.05) is 0 Å². The molecular formula is C57H38N4S. The molecule has 1 N–H and O–H groups in total. The summed E-state index contributed by atoms with van der Waals surface area (Å²) in [6, 6.07) is 74.0. The molecule has 0 atom stereocenters. The van der Waals surface area contributed by atoms with E-state index in [0.717, 1.165) is 72.2 Å². The van der Waals surface area contributed by atoms with Crippen LogP contribution in [0.5, 0.6) is 0 Å². The lowest BCUT2D eigenvalue weighted by molar-refractivity contribution is 0.979. The number of hydrogen-bond acceptors (Lipinski definition) is 4. The number of thiophene rings is 1. The minimum absolute atomic E-state index is 0.396. The van der Waals surface area contributed by atoms with Crippen LogP contribution in [-0.4, -0.2) is 21.5 Å². The molecule has 0 amide bonds. The number of allylic oxidation sites excluding steroid dienone is 1. The lowest BCUT2D eigenvalue weighted by Crippen LogP contribution is -1.96. The Kier molecular flexibility index (Phi) is 9.49. The van der Waals surface area contributed by atoms with Crippen LogP contribution in [0.15, 0.2) is 223 Å². The van der Waals surface area contributed by atoms with E-state index in [9.17, 15) is 0 Å². The van der Waals surface area contributed by atoms with Crippen LogP contribution in [0.2, 0.25) is 0 Å². The number of pyridine rings is 1. The number of nitrogens with one attached hydrogen (secondary N) is 1. The van der Waals surface area contributed by atoms with Crippen LogP contribution in [0.1, 0.15) is 16.7 Å². The molecule has 0 aliphatic heterocycles. The molecule has 292 valence electrons. The summed E-state index contributed by atoms with van der Waals surface area (Å²) in [6.07, 6.45) is 3.78. The summed E-state index contributed by atoms with van der Waals surface area (Å²) in [6.45, 7) is 0. The maximum absolute atomic E-state index is 9.12. The van der Waals surface area contributed by atoms with Crippen molar-refractivity contribution in [1.82, 2.24) is 9.61 Å². The van der Waals surface area contributed by atoms with Crippen LogP contribution in [0, 0.1) is 5.41 Å². The SMILES string of the molecule is N=C(/C=C(\N=Cc1ccc(-c2c(-c3ccccc3)nn3c(-c4ccccc4)cc4ccccc4c23)cc1)c1cccc(-c2cccc3sc4ccccc4c23)c1)c1ccccc1. The van der Waals surface area contributed by atoms with Gasteiger partial charge >= 0.3 is 0 Å². The van der Waals surface area contributed by atoms with Gasteiger partial charge in [-0.05, 0) is 63.5 Å². The highest BCUT2D eigenvalue weighted by molar-refractivity contribution is 7.25. The number of nitrogens with zero attached hydrogens (tertiary/aromatic N) is 3. The molecule has 5 heteroatoms. The standard InChI is InChI=1S/C57H38N4S/c58-49(39-16-4-1-5-17-39)36-50(45-24-14-23-43(34-45)46-27-15-29-53-55(46)48-26-12-13-28-52(48)62-53)59-37-38-30-32-41(33-31-38)54-56(42-20-8-3-9-21-42)60-61-51(40-18-6-2-7-19-40)35-44-22-10-11-25-47(44)57(54)61/h1-37,58H/b50-36-,58-49?,59-37?. The van der Waals surface area contributed by atoms with Gasteiger partial charge in [0.25, 0.3) is 0 Å². The lowest BCUT2D eigenvalue weighted by atomic mass is 9.96. The van der Waals surface area contributed by atoms with Crippen molar-refractivity contribution in [2.24, 2.45) is 4.99 Å². The zero-order valence-electron chi connectivity index (χ0n) is 33.6. The van der Waals surface area contributed by atoms with E-state index in [0.29, 0.717) is 11.4 Å². The zero-order valence-corrected chi connectivity index (χ0v) is 34.4. The topological polar surface area (TPSA) is 53.5 Å². The van der Waals surface area contributed by atoms with Crippen LogP contribution in [0.25, 0.3) is 86.9 Å². The Morgan fingerprint density at radius 1 is 0.532 bits per heavy atom. The van der Waals surface area contributed by atoms with Crippen LogP contribution < -0.4 is 0 Å². The molecule has 4 nitrogen and oxygen atoms in total. The average molecular weight is 811 g/mol. The van der Waals surface area contributed by atoms with Gasteiger partial charge in [-0.2, -0.15) is 5.10 Å².